The third kappa shape index (κ3) is 9.74. The molecule has 0 aliphatic heterocycles. The maximum absolute atomic E-state index is 2.42. The molecule has 0 aliphatic rings. The molecule has 0 saturated carbocycles. The van der Waals surface area contributed by atoms with Gasteiger partial charge in [0, 0.05) is 0 Å². The SMILES string of the molecule is Br.Br.[CH3][Al]. The van der Waals surface area contributed by atoms with E-state index < -0.39 is 0 Å². The van der Waals surface area contributed by atoms with E-state index in [1.54, 1.807) is 0 Å². The van der Waals surface area contributed by atoms with Crippen molar-refractivity contribution in [3.8, 4) is 0 Å². The van der Waals surface area contributed by atoms with Crippen molar-refractivity contribution >= 4 is 50.3 Å². The van der Waals surface area contributed by atoms with Crippen molar-refractivity contribution in [3.63, 3.8) is 0 Å². The summed E-state index contributed by atoms with van der Waals surface area (Å²) in [4.78, 5) is 0. The maximum Gasteiger partial charge on any atom is 0.112 e. The van der Waals surface area contributed by atoms with Crippen molar-refractivity contribution < 1.29 is 0 Å². The van der Waals surface area contributed by atoms with E-state index in [1.165, 1.54) is 0 Å². The van der Waals surface area contributed by atoms with Crippen LogP contribution >= 0.6 is 34.0 Å². The van der Waals surface area contributed by atoms with Gasteiger partial charge in [-0.3, -0.25) is 0 Å². The zero-order chi connectivity index (χ0) is 2.00. The fraction of sp³-hybridized carbons (Fsp3) is 1.00. The van der Waals surface area contributed by atoms with Crippen LogP contribution in [0, 0.1) is 0 Å². The van der Waals surface area contributed by atoms with Crippen LogP contribution in [-0.2, 0) is 0 Å². The summed E-state index contributed by atoms with van der Waals surface area (Å²) in [5, 5.41) is 0. The van der Waals surface area contributed by atoms with Gasteiger partial charge < -0.3 is 0 Å². The maximum atomic E-state index is 2.42. The predicted octanol–water partition coefficient (Wildman–Crippen LogP) is 1.36. The number of halogens is 2. The summed E-state index contributed by atoms with van der Waals surface area (Å²) in [7, 11) is 0. The van der Waals surface area contributed by atoms with E-state index in [1.807, 2.05) is 5.79 Å². The molecule has 0 heterocycles. The zero-order valence-corrected chi connectivity index (χ0v) is 6.97. The molecule has 0 amide bonds. The average Bonchev–Trinajstić information content (AvgIpc) is 1.00. The molecule has 0 saturated heterocycles. The lowest BCUT2D eigenvalue weighted by Gasteiger charge is -1.02. The molecular weight excluding hydrogens is 199 g/mol. The molecule has 0 spiro atoms. The van der Waals surface area contributed by atoms with Gasteiger partial charge in [-0.25, -0.2) is 0 Å². The molecule has 26 valence electrons. The molecule has 4 heavy (non-hydrogen) atoms. The van der Waals surface area contributed by atoms with Crippen molar-refractivity contribution in [2.45, 2.75) is 5.79 Å². The first-order chi connectivity index (χ1) is 1.00. The summed E-state index contributed by atoms with van der Waals surface area (Å²) >= 11 is 2.42. The Morgan fingerprint density at radius 1 is 1.00 bits per heavy atom. The Hall–Kier alpha value is 1.49. The fourth-order valence-electron chi connectivity index (χ4n) is 0. The van der Waals surface area contributed by atoms with E-state index in [9.17, 15) is 0 Å². The fourth-order valence-corrected chi connectivity index (χ4v) is 0. The van der Waals surface area contributed by atoms with Crippen molar-refractivity contribution in [3.05, 3.63) is 0 Å². The standard InChI is InChI=1S/CH3.Al.2BrH/h1H3;;2*1H. The zero-order valence-electron chi connectivity index (χ0n) is 2.39. The molecule has 0 fully saturated rings. The Labute approximate surface area is 55.9 Å². The number of hydrogen-bond donors (Lipinski definition) is 0. The van der Waals surface area contributed by atoms with Gasteiger partial charge in [-0.15, -0.1) is 39.7 Å². The Morgan fingerprint density at radius 2 is 1.00 bits per heavy atom. The summed E-state index contributed by atoms with van der Waals surface area (Å²) < 4.78 is 0. The summed E-state index contributed by atoms with van der Waals surface area (Å²) in [6.45, 7) is 0. The second-order valence-corrected chi connectivity index (χ2v) is 0. The lowest BCUT2D eigenvalue weighted by atomic mass is 11.9. The van der Waals surface area contributed by atoms with Gasteiger partial charge in [-0.2, -0.15) is 0 Å². The molecule has 0 aliphatic carbocycles. The monoisotopic (exact) mass is 202 g/mol. The van der Waals surface area contributed by atoms with E-state index in [0.29, 0.717) is 0 Å². The summed E-state index contributed by atoms with van der Waals surface area (Å²) in [6, 6.07) is 0. The van der Waals surface area contributed by atoms with E-state index in [2.05, 4.69) is 16.3 Å². The Morgan fingerprint density at radius 3 is 1.00 bits per heavy atom. The van der Waals surface area contributed by atoms with Crippen LogP contribution < -0.4 is 0 Å². The summed E-state index contributed by atoms with van der Waals surface area (Å²) in [6.07, 6.45) is 0. The van der Waals surface area contributed by atoms with Crippen LogP contribution in [0.15, 0.2) is 0 Å². The minimum atomic E-state index is 0. The molecule has 0 aromatic carbocycles. The van der Waals surface area contributed by atoms with Crippen LogP contribution in [0.3, 0.4) is 0 Å². The number of rotatable bonds is 0. The lowest BCUT2D eigenvalue weighted by molar-refractivity contribution is 2.40. The molecule has 0 bridgehead atoms. The van der Waals surface area contributed by atoms with E-state index in [-0.39, 0.29) is 34.0 Å². The second-order valence-electron chi connectivity index (χ2n) is 0. The van der Waals surface area contributed by atoms with Crippen LogP contribution in [0.5, 0.6) is 0 Å². The van der Waals surface area contributed by atoms with E-state index in [4.69, 9.17) is 0 Å². The predicted molar refractivity (Wildman–Crippen MR) is 32.3 cm³/mol. The first kappa shape index (κ1) is 17.8. The molecule has 3 heteroatoms. The van der Waals surface area contributed by atoms with Gasteiger partial charge in [0.2, 0.25) is 0 Å². The number of hydrogen-bond acceptors (Lipinski definition) is 0. The van der Waals surface area contributed by atoms with Crippen LogP contribution in [0.2, 0.25) is 5.79 Å². The molecular formula is CH5AlBr2. The smallest absolute Gasteiger partial charge is 0.112 e. The summed E-state index contributed by atoms with van der Waals surface area (Å²) in [5.74, 6) is 1.92. The lowest BCUT2D eigenvalue weighted by Crippen LogP contribution is -1.13. The molecule has 0 N–H and O–H groups in total. The third-order valence-electron chi connectivity index (χ3n) is 0. The van der Waals surface area contributed by atoms with Gasteiger partial charge in [0.1, 0.15) is 16.3 Å². The van der Waals surface area contributed by atoms with Crippen molar-refractivity contribution in [1.82, 2.24) is 0 Å². The first-order valence-corrected chi connectivity index (χ1v) is 1.73. The molecule has 0 aromatic heterocycles. The Balaban J connectivity index is -0.00000000500. The third-order valence-corrected chi connectivity index (χ3v) is 0. The topological polar surface area (TPSA) is 0 Å². The van der Waals surface area contributed by atoms with Gasteiger partial charge in [0.25, 0.3) is 0 Å². The highest BCUT2D eigenvalue weighted by Crippen LogP contribution is 0.960. The van der Waals surface area contributed by atoms with Gasteiger partial charge in [0.15, 0.2) is 0 Å². The average molecular weight is 204 g/mol. The highest BCUT2D eigenvalue weighted by Gasteiger charge is 0.999. The minimum Gasteiger partial charge on any atom is -0.128 e. The van der Waals surface area contributed by atoms with E-state index >= 15 is 0 Å². The molecule has 0 nitrogen and oxygen atoms in total. The van der Waals surface area contributed by atoms with Gasteiger partial charge >= 0.3 is 0 Å². The molecule has 0 rings (SSSR count). The normalized spacial score (nSPS) is 1.25. The van der Waals surface area contributed by atoms with Crippen LogP contribution in [0.25, 0.3) is 0 Å². The highest BCUT2D eigenvalue weighted by molar-refractivity contribution is 8.93. The van der Waals surface area contributed by atoms with Crippen LogP contribution in [0.1, 0.15) is 0 Å². The molecule has 2 radical (unpaired) electrons. The summed E-state index contributed by atoms with van der Waals surface area (Å²) in [5.41, 5.74) is 0. The largest absolute Gasteiger partial charge is 0.128 e. The quantitative estimate of drug-likeness (QED) is 0.522. The van der Waals surface area contributed by atoms with Gasteiger partial charge in [-0.1, -0.05) is 0 Å². The first-order valence-electron chi connectivity index (χ1n) is 0.577. The van der Waals surface area contributed by atoms with Crippen LogP contribution in [-0.4, -0.2) is 16.3 Å². The molecule has 0 unspecified atom stereocenters. The van der Waals surface area contributed by atoms with Crippen molar-refractivity contribution in [2.75, 3.05) is 0 Å². The van der Waals surface area contributed by atoms with Crippen molar-refractivity contribution in [2.24, 2.45) is 0 Å². The van der Waals surface area contributed by atoms with Crippen molar-refractivity contribution in [1.29, 1.82) is 0 Å². The Kier molecular flexibility index (Phi) is 110. The van der Waals surface area contributed by atoms with E-state index in [0.717, 1.165) is 0 Å². The van der Waals surface area contributed by atoms with Gasteiger partial charge in [-0.05, 0) is 0 Å². The second kappa shape index (κ2) is 24.6. The Bertz CT molecular complexity index is 6.00. The molecule has 0 atom stereocenters. The van der Waals surface area contributed by atoms with Crippen LogP contribution in [0.4, 0.5) is 0 Å². The molecule has 0 aromatic rings. The van der Waals surface area contributed by atoms with Gasteiger partial charge in [0.05, 0.1) is 0 Å². The minimum absolute atomic E-state index is 0. The highest BCUT2D eigenvalue weighted by atomic mass is 79.9.